The quantitative estimate of drug-likeness (QED) is 0.529. The van der Waals surface area contributed by atoms with E-state index in [1.165, 1.54) is 11.3 Å². The largest absolute Gasteiger partial charge is 0.316 e. The van der Waals surface area contributed by atoms with E-state index in [4.69, 9.17) is 11.6 Å². The lowest BCUT2D eigenvalue weighted by molar-refractivity contribution is 0.668. The van der Waals surface area contributed by atoms with Gasteiger partial charge in [-0.05, 0) is 53.8 Å². The van der Waals surface area contributed by atoms with Crippen molar-refractivity contribution in [2.45, 2.75) is 19.6 Å². The monoisotopic (exact) mass is 383 g/mol. The SMILES string of the molecule is CC(C)CN(SCc1ccc(Br)cc1)c1cccc(Cl)c1. The molecule has 0 saturated heterocycles. The van der Waals surface area contributed by atoms with Crippen LogP contribution in [0.5, 0.6) is 0 Å². The first-order chi connectivity index (χ1) is 10.0. The first-order valence-electron chi connectivity index (χ1n) is 6.95. The summed E-state index contributed by atoms with van der Waals surface area (Å²) in [7, 11) is 0. The molecule has 0 aliphatic rings. The summed E-state index contributed by atoms with van der Waals surface area (Å²) in [5.74, 6) is 1.55. The molecule has 0 fully saturated rings. The van der Waals surface area contributed by atoms with Gasteiger partial charge in [0.2, 0.25) is 0 Å². The molecular formula is C17H19BrClNS. The Morgan fingerprint density at radius 3 is 2.48 bits per heavy atom. The minimum Gasteiger partial charge on any atom is -0.316 e. The molecule has 0 aliphatic carbocycles. The van der Waals surface area contributed by atoms with Gasteiger partial charge in [-0.15, -0.1) is 0 Å². The summed E-state index contributed by atoms with van der Waals surface area (Å²) in [4.78, 5) is 0. The van der Waals surface area contributed by atoms with E-state index in [0.29, 0.717) is 5.92 Å². The van der Waals surface area contributed by atoms with Crippen LogP contribution in [0, 0.1) is 5.92 Å². The molecule has 112 valence electrons. The van der Waals surface area contributed by atoms with E-state index in [2.05, 4.69) is 64.4 Å². The average molecular weight is 385 g/mol. The highest BCUT2D eigenvalue weighted by molar-refractivity contribution is 9.10. The first-order valence-corrected chi connectivity index (χ1v) is 9.06. The van der Waals surface area contributed by atoms with E-state index >= 15 is 0 Å². The Kier molecular flexibility index (Phi) is 6.46. The van der Waals surface area contributed by atoms with Crippen LogP contribution in [0.15, 0.2) is 53.0 Å². The Hall–Kier alpha value is -0.640. The average Bonchev–Trinajstić information content (AvgIpc) is 2.45. The third-order valence-electron chi connectivity index (χ3n) is 2.93. The summed E-state index contributed by atoms with van der Waals surface area (Å²) in [6, 6.07) is 16.5. The summed E-state index contributed by atoms with van der Waals surface area (Å²) in [6.07, 6.45) is 0. The number of benzene rings is 2. The number of anilines is 1. The minimum absolute atomic E-state index is 0.599. The molecule has 2 aromatic carbocycles. The number of hydrogen-bond donors (Lipinski definition) is 0. The normalized spacial score (nSPS) is 10.9. The predicted molar refractivity (Wildman–Crippen MR) is 99.1 cm³/mol. The second kappa shape index (κ2) is 8.11. The highest BCUT2D eigenvalue weighted by Gasteiger charge is 2.10. The Bertz CT molecular complexity index is 571. The zero-order valence-electron chi connectivity index (χ0n) is 12.2. The van der Waals surface area contributed by atoms with Crippen molar-refractivity contribution in [1.29, 1.82) is 0 Å². The molecule has 0 aromatic heterocycles. The van der Waals surface area contributed by atoms with Crippen LogP contribution in [0.4, 0.5) is 5.69 Å². The Morgan fingerprint density at radius 1 is 1.14 bits per heavy atom. The molecule has 0 spiro atoms. The van der Waals surface area contributed by atoms with Crippen molar-refractivity contribution in [3.05, 3.63) is 63.6 Å². The van der Waals surface area contributed by atoms with Crippen LogP contribution < -0.4 is 4.31 Å². The maximum absolute atomic E-state index is 6.12. The van der Waals surface area contributed by atoms with Crippen molar-refractivity contribution in [3.63, 3.8) is 0 Å². The molecule has 0 N–H and O–H groups in total. The number of hydrogen-bond acceptors (Lipinski definition) is 2. The van der Waals surface area contributed by atoms with Crippen LogP contribution in [-0.4, -0.2) is 6.54 Å². The van der Waals surface area contributed by atoms with Crippen LogP contribution in [0.25, 0.3) is 0 Å². The van der Waals surface area contributed by atoms with Crippen molar-refractivity contribution in [1.82, 2.24) is 0 Å². The molecule has 0 heterocycles. The van der Waals surface area contributed by atoms with Crippen LogP contribution >= 0.6 is 39.5 Å². The molecule has 21 heavy (non-hydrogen) atoms. The van der Waals surface area contributed by atoms with Gasteiger partial charge in [0, 0.05) is 27.5 Å². The summed E-state index contributed by atoms with van der Waals surface area (Å²) in [6.45, 7) is 5.47. The van der Waals surface area contributed by atoms with Crippen LogP contribution in [0.2, 0.25) is 5.02 Å². The molecule has 0 aliphatic heterocycles. The van der Waals surface area contributed by atoms with E-state index in [1.807, 2.05) is 30.1 Å². The summed E-state index contributed by atoms with van der Waals surface area (Å²) >= 11 is 11.4. The second-order valence-corrected chi connectivity index (χ2v) is 7.67. The molecule has 1 nitrogen and oxygen atoms in total. The lowest BCUT2D eigenvalue weighted by Gasteiger charge is -2.25. The van der Waals surface area contributed by atoms with E-state index < -0.39 is 0 Å². The van der Waals surface area contributed by atoms with E-state index in [0.717, 1.165) is 21.8 Å². The van der Waals surface area contributed by atoms with Gasteiger partial charge in [0.1, 0.15) is 0 Å². The molecular weight excluding hydrogens is 366 g/mol. The van der Waals surface area contributed by atoms with Crippen molar-refractivity contribution < 1.29 is 0 Å². The van der Waals surface area contributed by atoms with E-state index in [1.54, 1.807) is 0 Å². The second-order valence-electron chi connectivity index (χ2n) is 5.33. The molecule has 0 bridgehead atoms. The van der Waals surface area contributed by atoms with Gasteiger partial charge in [-0.1, -0.05) is 59.6 Å². The maximum atomic E-state index is 6.12. The molecule has 0 saturated carbocycles. The molecule has 0 unspecified atom stereocenters. The van der Waals surface area contributed by atoms with Gasteiger partial charge in [-0.2, -0.15) is 0 Å². The zero-order valence-corrected chi connectivity index (χ0v) is 15.4. The van der Waals surface area contributed by atoms with Crippen molar-refractivity contribution in [3.8, 4) is 0 Å². The van der Waals surface area contributed by atoms with Crippen molar-refractivity contribution in [2.24, 2.45) is 5.92 Å². The van der Waals surface area contributed by atoms with Gasteiger partial charge in [-0.25, -0.2) is 0 Å². The molecule has 0 atom stereocenters. The number of halogens is 2. The first kappa shape index (κ1) is 16.7. The standard InChI is InChI=1S/C17H19BrClNS/c1-13(2)11-20(17-5-3-4-16(19)10-17)21-12-14-6-8-15(18)9-7-14/h3-10,13H,11-12H2,1-2H3. The minimum atomic E-state index is 0.599. The summed E-state index contributed by atoms with van der Waals surface area (Å²) in [5.41, 5.74) is 2.48. The number of nitrogens with zero attached hydrogens (tertiary/aromatic N) is 1. The maximum Gasteiger partial charge on any atom is 0.0484 e. The van der Waals surface area contributed by atoms with Gasteiger partial charge < -0.3 is 4.31 Å². The smallest absolute Gasteiger partial charge is 0.0484 e. The fourth-order valence-corrected chi connectivity index (χ4v) is 3.54. The number of rotatable bonds is 6. The molecule has 4 heteroatoms. The van der Waals surface area contributed by atoms with E-state index in [9.17, 15) is 0 Å². The zero-order chi connectivity index (χ0) is 15.2. The van der Waals surface area contributed by atoms with Gasteiger partial charge in [0.25, 0.3) is 0 Å². The highest BCUT2D eigenvalue weighted by Crippen LogP contribution is 2.28. The van der Waals surface area contributed by atoms with Crippen molar-refractivity contribution >= 4 is 45.2 Å². The molecule has 2 aromatic rings. The fourth-order valence-electron chi connectivity index (χ4n) is 1.93. The molecule has 0 radical (unpaired) electrons. The Labute approximate surface area is 145 Å². The lowest BCUT2D eigenvalue weighted by atomic mass is 10.2. The van der Waals surface area contributed by atoms with Gasteiger partial charge in [-0.3, -0.25) is 0 Å². The third-order valence-corrected chi connectivity index (χ3v) is 4.83. The Morgan fingerprint density at radius 2 is 1.86 bits per heavy atom. The summed E-state index contributed by atoms with van der Waals surface area (Å²) < 4.78 is 3.45. The lowest BCUT2D eigenvalue weighted by Crippen LogP contribution is -2.20. The van der Waals surface area contributed by atoms with Crippen LogP contribution in [-0.2, 0) is 5.75 Å². The fraction of sp³-hybridized carbons (Fsp3) is 0.294. The van der Waals surface area contributed by atoms with Gasteiger partial charge in [0.15, 0.2) is 0 Å². The topological polar surface area (TPSA) is 3.24 Å². The van der Waals surface area contributed by atoms with E-state index in [-0.39, 0.29) is 0 Å². The Balaban J connectivity index is 2.07. The molecule has 2 rings (SSSR count). The van der Waals surface area contributed by atoms with Gasteiger partial charge in [0.05, 0.1) is 0 Å². The highest BCUT2D eigenvalue weighted by atomic mass is 79.9. The summed E-state index contributed by atoms with van der Waals surface area (Å²) in [5, 5.41) is 0.783. The van der Waals surface area contributed by atoms with Crippen LogP contribution in [0.1, 0.15) is 19.4 Å². The van der Waals surface area contributed by atoms with Crippen LogP contribution in [0.3, 0.4) is 0 Å². The van der Waals surface area contributed by atoms with Gasteiger partial charge >= 0.3 is 0 Å². The van der Waals surface area contributed by atoms with Crippen molar-refractivity contribution in [2.75, 3.05) is 10.8 Å². The molecule has 0 amide bonds. The predicted octanol–water partition coefficient (Wildman–Crippen LogP) is 6.41. The third kappa shape index (κ3) is 5.57.